The van der Waals surface area contributed by atoms with E-state index in [1.165, 1.54) is 0 Å². The molecule has 0 saturated heterocycles. The molecule has 0 aliphatic rings. The maximum atomic E-state index is 10.3. The third-order valence-electron chi connectivity index (χ3n) is 3.01. The minimum Gasteiger partial charge on any atom is -0.507 e. The number of ether oxygens (including phenoxy) is 1. The normalized spacial score (nSPS) is 11.8. The molecule has 0 radical (unpaired) electrons. The first-order valence-corrected chi connectivity index (χ1v) is 5.74. The lowest BCUT2D eigenvalue weighted by molar-refractivity contribution is 0.412. The molecule has 90 valence electrons. The number of methoxy groups -OCH3 is 1. The second kappa shape index (κ2) is 3.95. The van der Waals surface area contributed by atoms with Crippen molar-refractivity contribution in [1.82, 2.24) is 0 Å². The summed E-state index contributed by atoms with van der Waals surface area (Å²) in [6, 6.07) is 9.68. The van der Waals surface area contributed by atoms with Crippen LogP contribution in [0, 0.1) is 0 Å². The number of phenols is 1. The minimum absolute atomic E-state index is 0.110. The van der Waals surface area contributed by atoms with Crippen molar-refractivity contribution in [3.63, 3.8) is 0 Å². The van der Waals surface area contributed by atoms with Gasteiger partial charge in [-0.05, 0) is 11.5 Å². The summed E-state index contributed by atoms with van der Waals surface area (Å²) in [6.45, 7) is 6.24. The number of hydrogen-bond acceptors (Lipinski definition) is 2. The lowest BCUT2D eigenvalue weighted by Gasteiger charge is -2.22. The van der Waals surface area contributed by atoms with Gasteiger partial charge in [-0.3, -0.25) is 0 Å². The molecule has 0 saturated carbocycles. The maximum absolute atomic E-state index is 10.3. The average molecular weight is 230 g/mol. The molecule has 0 fully saturated rings. The number of rotatable bonds is 1. The molecule has 0 aliphatic heterocycles. The first kappa shape index (κ1) is 11.8. The molecule has 0 atom stereocenters. The van der Waals surface area contributed by atoms with Crippen molar-refractivity contribution in [3.8, 4) is 11.5 Å². The number of phenolic OH excluding ortho intramolecular Hbond substituents is 1. The summed E-state index contributed by atoms with van der Waals surface area (Å²) < 4.78 is 5.41. The van der Waals surface area contributed by atoms with Crippen molar-refractivity contribution in [1.29, 1.82) is 0 Å². The molecule has 0 unspecified atom stereocenters. The van der Waals surface area contributed by atoms with Crippen LogP contribution in [0.2, 0.25) is 0 Å². The quantitative estimate of drug-likeness (QED) is 0.806. The van der Waals surface area contributed by atoms with E-state index >= 15 is 0 Å². The summed E-state index contributed by atoms with van der Waals surface area (Å²) in [7, 11) is 1.66. The second-order valence-corrected chi connectivity index (χ2v) is 5.27. The lowest BCUT2D eigenvalue weighted by atomic mass is 9.84. The average Bonchev–Trinajstić information content (AvgIpc) is 2.28. The molecule has 2 aromatic carbocycles. The lowest BCUT2D eigenvalue weighted by Crippen LogP contribution is -2.11. The van der Waals surface area contributed by atoms with Crippen LogP contribution in [-0.4, -0.2) is 12.2 Å². The highest BCUT2D eigenvalue weighted by Gasteiger charge is 2.21. The van der Waals surface area contributed by atoms with Crippen molar-refractivity contribution < 1.29 is 9.84 Å². The Labute approximate surface area is 102 Å². The molecule has 2 aromatic rings. The third kappa shape index (κ3) is 1.95. The van der Waals surface area contributed by atoms with Crippen molar-refractivity contribution in [2.45, 2.75) is 26.2 Å². The van der Waals surface area contributed by atoms with Gasteiger partial charge in [0.15, 0.2) is 0 Å². The Morgan fingerprint density at radius 3 is 2.18 bits per heavy atom. The van der Waals surface area contributed by atoms with Crippen LogP contribution in [0.4, 0.5) is 0 Å². The van der Waals surface area contributed by atoms with Gasteiger partial charge in [-0.15, -0.1) is 0 Å². The van der Waals surface area contributed by atoms with Gasteiger partial charge in [-0.2, -0.15) is 0 Å². The Bertz CT molecular complexity index is 551. The van der Waals surface area contributed by atoms with Crippen LogP contribution in [0.15, 0.2) is 30.3 Å². The van der Waals surface area contributed by atoms with Gasteiger partial charge in [0.05, 0.1) is 7.11 Å². The highest BCUT2D eigenvalue weighted by Crippen LogP contribution is 2.41. The van der Waals surface area contributed by atoms with Gasteiger partial charge < -0.3 is 9.84 Å². The van der Waals surface area contributed by atoms with Gasteiger partial charge in [-0.1, -0.05) is 45.0 Å². The van der Waals surface area contributed by atoms with Crippen LogP contribution in [0.3, 0.4) is 0 Å². The molecule has 0 aliphatic carbocycles. The molecule has 2 rings (SSSR count). The zero-order valence-electron chi connectivity index (χ0n) is 10.7. The van der Waals surface area contributed by atoms with E-state index in [0.717, 1.165) is 22.1 Å². The molecule has 0 bridgehead atoms. The van der Waals surface area contributed by atoms with E-state index < -0.39 is 0 Å². The fraction of sp³-hybridized carbons (Fsp3) is 0.333. The fourth-order valence-electron chi connectivity index (χ4n) is 2.07. The van der Waals surface area contributed by atoms with Crippen LogP contribution in [0.1, 0.15) is 26.3 Å². The summed E-state index contributed by atoms with van der Waals surface area (Å²) in [6.07, 6.45) is 0. The van der Waals surface area contributed by atoms with Crippen molar-refractivity contribution in [2.75, 3.05) is 7.11 Å². The van der Waals surface area contributed by atoms with Gasteiger partial charge in [0.2, 0.25) is 0 Å². The van der Waals surface area contributed by atoms with Crippen molar-refractivity contribution in [2.24, 2.45) is 0 Å². The first-order chi connectivity index (χ1) is 7.95. The molecule has 17 heavy (non-hydrogen) atoms. The highest BCUT2D eigenvalue weighted by molar-refractivity contribution is 5.94. The van der Waals surface area contributed by atoms with Gasteiger partial charge in [0.1, 0.15) is 11.5 Å². The monoisotopic (exact) mass is 230 g/mol. The molecular formula is C15H18O2. The summed E-state index contributed by atoms with van der Waals surface area (Å²) in [5, 5.41) is 12.1. The zero-order valence-corrected chi connectivity index (χ0v) is 10.7. The smallest absolute Gasteiger partial charge is 0.127 e. The van der Waals surface area contributed by atoms with Crippen LogP contribution >= 0.6 is 0 Å². The number of fused-ring (bicyclic) bond motifs is 1. The summed E-state index contributed by atoms with van der Waals surface area (Å²) in [4.78, 5) is 0. The van der Waals surface area contributed by atoms with Gasteiger partial charge in [0, 0.05) is 16.3 Å². The van der Waals surface area contributed by atoms with Crippen molar-refractivity contribution >= 4 is 10.8 Å². The first-order valence-electron chi connectivity index (χ1n) is 5.74. The zero-order chi connectivity index (χ0) is 12.6. The van der Waals surface area contributed by atoms with Crippen molar-refractivity contribution in [3.05, 3.63) is 35.9 Å². The minimum atomic E-state index is -0.110. The van der Waals surface area contributed by atoms with Gasteiger partial charge >= 0.3 is 0 Å². The predicted octanol–water partition coefficient (Wildman–Crippen LogP) is 3.85. The molecule has 2 nitrogen and oxygen atoms in total. The molecule has 0 aromatic heterocycles. The molecule has 1 N–H and O–H groups in total. The molecule has 0 spiro atoms. The third-order valence-corrected chi connectivity index (χ3v) is 3.01. The Morgan fingerprint density at radius 2 is 1.65 bits per heavy atom. The molecule has 2 heteroatoms. The summed E-state index contributed by atoms with van der Waals surface area (Å²) >= 11 is 0. The topological polar surface area (TPSA) is 29.5 Å². The fourth-order valence-corrected chi connectivity index (χ4v) is 2.07. The van der Waals surface area contributed by atoms with Gasteiger partial charge in [-0.25, -0.2) is 0 Å². The summed E-state index contributed by atoms with van der Waals surface area (Å²) in [5.74, 6) is 1.16. The Hall–Kier alpha value is -1.70. The van der Waals surface area contributed by atoms with E-state index in [2.05, 4.69) is 20.8 Å². The predicted molar refractivity (Wildman–Crippen MR) is 70.9 cm³/mol. The van der Waals surface area contributed by atoms with E-state index in [0.29, 0.717) is 5.75 Å². The largest absolute Gasteiger partial charge is 0.507 e. The Balaban J connectivity index is 2.85. The Morgan fingerprint density at radius 1 is 1.06 bits per heavy atom. The molecule has 0 amide bonds. The van der Waals surface area contributed by atoms with Crippen LogP contribution in [0.5, 0.6) is 11.5 Å². The number of aromatic hydroxyl groups is 1. The SMILES string of the molecule is COc1cc(C(C)(C)C)c(O)c2ccccc12. The van der Waals surface area contributed by atoms with E-state index in [9.17, 15) is 5.11 Å². The van der Waals surface area contributed by atoms with Crippen LogP contribution in [0.25, 0.3) is 10.8 Å². The number of benzene rings is 2. The van der Waals surface area contributed by atoms with E-state index in [4.69, 9.17) is 4.74 Å². The number of hydrogen-bond donors (Lipinski definition) is 1. The molecule has 0 heterocycles. The van der Waals surface area contributed by atoms with Crippen LogP contribution < -0.4 is 4.74 Å². The standard InChI is InChI=1S/C15H18O2/c1-15(2,3)12-9-13(17-4)10-7-5-6-8-11(10)14(12)16/h5-9,16H,1-4H3. The highest BCUT2D eigenvalue weighted by atomic mass is 16.5. The van der Waals surface area contributed by atoms with Crippen LogP contribution in [-0.2, 0) is 5.41 Å². The Kier molecular flexibility index (Phi) is 2.74. The van der Waals surface area contributed by atoms with E-state index in [-0.39, 0.29) is 5.41 Å². The van der Waals surface area contributed by atoms with E-state index in [1.807, 2.05) is 30.3 Å². The van der Waals surface area contributed by atoms with Gasteiger partial charge in [0.25, 0.3) is 0 Å². The molecular weight excluding hydrogens is 212 g/mol. The maximum Gasteiger partial charge on any atom is 0.127 e. The van der Waals surface area contributed by atoms with E-state index in [1.54, 1.807) is 7.11 Å². The second-order valence-electron chi connectivity index (χ2n) is 5.27. The summed E-state index contributed by atoms with van der Waals surface area (Å²) in [5.41, 5.74) is 0.801.